The maximum absolute atomic E-state index is 13.3. The molecule has 1 saturated heterocycles. The number of hydrogen-bond acceptors (Lipinski definition) is 5. The number of rotatable bonds is 11. The van der Waals surface area contributed by atoms with Gasteiger partial charge >= 0.3 is 6.18 Å². The Morgan fingerprint density at radius 2 is 1.79 bits per heavy atom. The van der Waals surface area contributed by atoms with Crippen molar-refractivity contribution in [1.82, 2.24) is 5.32 Å². The summed E-state index contributed by atoms with van der Waals surface area (Å²) in [6, 6.07) is 19.2. The third-order valence-electron chi connectivity index (χ3n) is 6.95. The molecule has 1 aliphatic heterocycles. The largest absolute Gasteiger partial charge is 0.497 e. The molecule has 1 fully saturated rings. The van der Waals surface area contributed by atoms with E-state index in [1.165, 1.54) is 12.1 Å². The second kappa shape index (κ2) is 12.3. The predicted octanol–water partition coefficient (Wildman–Crippen LogP) is 6.53. The van der Waals surface area contributed by atoms with Crippen molar-refractivity contribution >= 4 is 23.1 Å². The Morgan fingerprint density at radius 3 is 2.49 bits per heavy atom. The van der Waals surface area contributed by atoms with Gasteiger partial charge in [-0.3, -0.25) is 9.59 Å². The Kier molecular flexibility index (Phi) is 8.91. The number of hydrogen-bond donors (Lipinski definition) is 2. The topological polar surface area (TPSA) is 76.7 Å². The molecule has 1 atom stereocenters. The lowest BCUT2D eigenvalue weighted by Crippen LogP contribution is -2.41. The second-order valence-electron chi connectivity index (χ2n) is 9.64. The van der Waals surface area contributed by atoms with Gasteiger partial charge in [0, 0.05) is 30.8 Å². The maximum atomic E-state index is 13.3. The first-order valence-electron chi connectivity index (χ1n) is 12.8. The number of alkyl halides is 3. The molecule has 0 aliphatic carbocycles. The van der Waals surface area contributed by atoms with Gasteiger partial charge in [-0.1, -0.05) is 36.4 Å². The normalized spacial score (nSPS) is 17.0. The van der Waals surface area contributed by atoms with Gasteiger partial charge in [0.15, 0.2) is 5.78 Å². The number of anilines is 2. The zero-order chi connectivity index (χ0) is 27.9. The minimum absolute atomic E-state index is 0.00469. The van der Waals surface area contributed by atoms with Crippen LogP contribution in [0.1, 0.15) is 47.2 Å². The molecule has 0 aromatic heterocycles. The van der Waals surface area contributed by atoms with Crippen LogP contribution in [-0.2, 0) is 22.3 Å². The van der Waals surface area contributed by atoms with Crippen LogP contribution in [0.3, 0.4) is 0 Å². The first-order chi connectivity index (χ1) is 18.7. The molecule has 0 spiro atoms. The number of halogens is 3. The monoisotopic (exact) mass is 540 g/mol. The first kappa shape index (κ1) is 28.2. The van der Waals surface area contributed by atoms with E-state index in [9.17, 15) is 22.8 Å². The molecule has 6 nitrogen and oxygen atoms in total. The Bertz CT molecular complexity index is 1290. The van der Waals surface area contributed by atoms with Crippen molar-refractivity contribution in [3.05, 3.63) is 89.5 Å². The fraction of sp³-hybridized carbons (Fsp3) is 0.333. The molecule has 1 aliphatic rings. The van der Waals surface area contributed by atoms with E-state index in [2.05, 4.69) is 10.6 Å². The molecular formula is C30H31F3N2O4. The highest BCUT2D eigenvalue weighted by Crippen LogP contribution is 2.36. The molecule has 2 N–H and O–H groups in total. The highest BCUT2D eigenvalue weighted by Gasteiger charge is 2.41. The lowest BCUT2D eigenvalue weighted by Gasteiger charge is -2.26. The maximum Gasteiger partial charge on any atom is 0.418 e. The van der Waals surface area contributed by atoms with Crippen LogP contribution in [0, 0.1) is 5.41 Å². The lowest BCUT2D eigenvalue weighted by atomic mass is 9.80. The standard InChI is InChI=1S/C30H31F3N2O4/c1-38-24-7-4-6-22(18-24)27(36)10-5-15-29(16-17-39-20-29)28(37)34-19-21-11-13-23(14-12-21)35-26-9-3-2-8-25(26)30(31,32)33/h2-4,6-9,11-14,18,35H,5,10,15-17,19-20H2,1H3,(H,34,37). The Morgan fingerprint density at radius 1 is 1.03 bits per heavy atom. The van der Waals surface area contributed by atoms with Crippen LogP contribution in [0.15, 0.2) is 72.8 Å². The van der Waals surface area contributed by atoms with Crippen molar-refractivity contribution in [3.8, 4) is 5.75 Å². The molecule has 0 bridgehead atoms. The van der Waals surface area contributed by atoms with Crippen LogP contribution < -0.4 is 15.4 Å². The molecule has 3 aromatic rings. The molecule has 39 heavy (non-hydrogen) atoms. The fourth-order valence-corrected chi connectivity index (χ4v) is 4.70. The summed E-state index contributed by atoms with van der Waals surface area (Å²) in [5.74, 6) is 0.487. The smallest absolute Gasteiger partial charge is 0.418 e. The van der Waals surface area contributed by atoms with E-state index in [1.807, 2.05) is 0 Å². The Hall–Kier alpha value is -3.85. The van der Waals surface area contributed by atoms with E-state index in [4.69, 9.17) is 9.47 Å². The number of benzene rings is 3. The van der Waals surface area contributed by atoms with Crippen LogP contribution in [0.4, 0.5) is 24.5 Å². The zero-order valence-electron chi connectivity index (χ0n) is 21.6. The quantitative estimate of drug-likeness (QED) is 0.270. The third-order valence-corrected chi connectivity index (χ3v) is 6.95. The average molecular weight is 541 g/mol. The number of Topliss-reactive ketones (excluding diaryl/α,β-unsaturated/α-hetero) is 1. The number of carbonyl (C=O) groups is 2. The summed E-state index contributed by atoms with van der Waals surface area (Å²) in [4.78, 5) is 25.8. The molecule has 3 aromatic carbocycles. The summed E-state index contributed by atoms with van der Waals surface area (Å²) in [5.41, 5.74) is 0.422. The minimum Gasteiger partial charge on any atom is -0.497 e. The number of para-hydroxylation sites is 1. The number of methoxy groups -OCH3 is 1. The van der Waals surface area contributed by atoms with E-state index >= 15 is 0 Å². The van der Waals surface area contributed by atoms with E-state index in [1.54, 1.807) is 61.7 Å². The third kappa shape index (κ3) is 7.17. The number of ether oxygens (including phenoxy) is 2. The van der Waals surface area contributed by atoms with Crippen LogP contribution in [0.2, 0.25) is 0 Å². The summed E-state index contributed by atoms with van der Waals surface area (Å²) < 4.78 is 50.5. The van der Waals surface area contributed by atoms with Crippen LogP contribution in [0.25, 0.3) is 0 Å². The summed E-state index contributed by atoms with van der Waals surface area (Å²) >= 11 is 0. The molecule has 0 radical (unpaired) electrons. The summed E-state index contributed by atoms with van der Waals surface area (Å²) in [7, 11) is 1.55. The zero-order valence-corrected chi connectivity index (χ0v) is 21.6. The van der Waals surface area contributed by atoms with Gasteiger partial charge in [-0.05, 0) is 61.2 Å². The Labute approximate surface area is 225 Å². The van der Waals surface area contributed by atoms with Crippen molar-refractivity contribution < 1.29 is 32.2 Å². The minimum atomic E-state index is -4.46. The molecule has 0 saturated carbocycles. The van der Waals surface area contributed by atoms with Gasteiger partial charge in [0.1, 0.15) is 5.75 Å². The van der Waals surface area contributed by atoms with Crippen LogP contribution >= 0.6 is 0 Å². The van der Waals surface area contributed by atoms with Gasteiger partial charge in [0.05, 0.1) is 30.4 Å². The molecule has 206 valence electrons. The van der Waals surface area contributed by atoms with Crippen LogP contribution in [-0.4, -0.2) is 32.0 Å². The fourth-order valence-electron chi connectivity index (χ4n) is 4.70. The number of carbonyl (C=O) groups excluding carboxylic acids is 2. The van der Waals surface area contributed by atoms with Crippen molar-refractivity contribution in [1.29, 1.82) is 0 Å². The Balaban J connectivity index is 1.31. The summed E-state index contributed by atoms with van der Waals surface area (Å²) in [6.45, 7) is 1.05. The van der Waals surface area contributed by atoms with Crippen molar-refractivity contribution in [3.63, 3.8) is 0 Å². The summed E-state index contributed by atoms with van der Waals surface area (Å²) in [6.07, 6.45) is -2.50. The molecule has 9 heteroatoms. The highest BCUT2D eigenvalue weighted by molar-refractivity contribution is 5.96. The van der Waals surface area contributed by atoms with Gasteiger partial charge in [-0.25, -0.2) is 0 Å². The van der Waals surface area contributed by atoms with Crippen LogP contribution in [0.5, 0.6) is 5.75 Å². The van der Waals surface area contributed by atoms with Gasteiger partial charge in [-0.2, -0.15) is 13.2 Å². The average Bonchev–Trinajstić information content (AvgIpc) is 3.42. The van der Waals surface area contributed by atoms with Crippen molar-refractivity contribution in [2.75, 3.05) is 25.6 Å². The van der Waals surface area contributed by atoms with Gasteiger partial charge < -0.3 is 20.1 Å². The second-order valence-corrected chi connectivity index (χ2v) is 9.64. The van der Waals surface area contributed by atoms with E-state index in [0.29, 0.717) is 55.9 Å². The van der Waals surface area contributed by atoms with Crippen molar-refractivity contribution in [2.24, 2.45) is 5.41 Å². The van der Waals surface area contributed by atoms with E-state index in [0.717, 1.165) is 11.6 Å². The highest BCUT2D eigenvalue weighted by atomic mass is 19.4. The lowest BCUT2D eigenvalue weighted by molar-refractivity contribution is -0.137. The van der Waals surface area contributed by atoms with Gasteiger partial charge in [-0.15, -0.1) is 0 Å². The SMILES string of the molecule is COc1cccc(C(=O)CCCC2(C(=O)NCc3ccc(Nc4ccccc4C(F)(F)F)cc3)CCOC2)c1. The van der Waals surface area contributed by atoms with E-state index in [-0.39, 0.29) is 23.9 Å². The first-order valence-corrected chi connectivity index (χ1v) is 12.8. The van der Waals surface area contributed by atoms with Gasteiger partial charge in [0.2, 0.25) is 5.91 Å². The number of nitrogens with one attached hydrogen (secondary N) is 2. The number of ketones is 1. The predicted molar refractivity (Wildman–Crippen MR) is 142 cm³/mol. The molecule has 1 heterocycles. The van der Waals surface area contributed by atoms with Gasteiger partial charge in [0.25, 0.3) is 0 Å². The number of amides is 1. The molecular weight excluding hydrogens is 509 g/mol. The molecule has 1 unspecified atom stereocenters. The van der Waals surface area contributed by atoms with E-state index < -0.39 is 17.2 Å². The van der Waals surface area contributed by atoms with Crippen molar-refractivity contribution in [2.45, 2.75) is 38.4 Å². The molecule has 1 amide bonds. The summed E-state index contributed by atoms with van der Waals surface area (Å²) in [5, 5.41) is 5.79. The molecule has 4 rings (SSSR count).